The summed E-state index contributed by atoms with van der Waals surface area (Å²) >= 11 is 0. The zero-order chi connectivity index (χ0) is 27.1. The van der Waals surface area contributed by atoms with Crippen molar-refractivity contribution in [3.8, 4) is 17.2 Å². The Hall–Kier alpha value is -3.32. The van der Waals surface area contributed by atoms with Crippen molar-refractivity contribution in [2.24, 2.45) is 5.14 Å². The predicted molar refractivity (Wildman–Crippen MR) is 140 cm³/mol. The lowest BCUT2D eigenvalue weighted by atomic mass is 10.1. The standard InChI is InChI=1S/C20H28N2O5S.C4H4O4.ClH/c1-4-26-17-7-5-6-8-18(17)27-12-11-22-15(2)13-16-9-10-19(25-3)20(14-16)28(21,23)24;5-3(6)1-2-4(7)8;/h5-10,14-15,22H,4,11-13H2,1-3H3,(H2,21,23,24);1-2H,(H,5,6)(H,7,8);1H/t15-;;/m1../s1. The maximum absolute atomic E-state index is 11.7. The zero-order valence-corrected chi connectivity index (χ0v) is 22.4. The molecule has 13 heteroatoms. The van der Waals surface area contributed by atoms with E-state index in [0.29, 0.717) is 44.1 Å². The molecular weight excluding hydrogens is 528 g/mol. The molecule has 0 heterocycles. The molecule has 0 amide bonds. The molecule has 0 spiro atoms. The van der Waals surface area contributed by atoms with E-state index in [1.54, 1.807) is 12.1 Å². The van der Waals surface area contributed by atoms with Crippen LogP contribution in [0.25, 0.3) is 0 Å². The van der Waals surface area contributed by atoms with Crippen LogP contribution < -0.4 is 24.7 Å². The summed E-state index contributed by atoms with van der Waals surface area (Å²) in [6, 6.07) is 12.7. The van der Waals surface area contributed by atoms with E-state index in [0.717, 1.165) is 11.3 Å². The summed E-state index contributed by atoms with van der Waals surface area (Å²) in [5.41, 5.74) is 0.854. The third-order valence-electron chi connectivity index (χ3n) is 4.45. The number of sulfonamides is 1. The number of carbonyl (C=O) groups is 2. The number of ether oxygens (including phenoxy) is 3. The second-order valence-corrected chi connectivity index (χ2v) is 8.86. The Labute approximate surface area is 222 Å². The minimum atomic E-state index is -3.84. The molecule has 0 saturated heterocycles. The molecule has 0 unspecified atom stereocenters. The molecule has 2 aromatic carbocycles. The van der Waals surface area contributed by atoms with Gasteiger partial charge in [-0.1, -0.05) is 18.2 Å². The fourth-order valence-corrected chi connectivity index (χ4v) is 3.70. The first-order valence-corrected chi connectivity index (χ1v) is 12.4. The Kier molecular flexibility index (Phi) is 15.6. The average molecular weight is 561 g/mol. The number of halogens is 1. The Balaban J connectivity index is 0.00000125. The summed E-state index contributed by atoms with van der Waals surface area (Å²) in [6.07, 6.45) is 1.76. The molecule has 0 fully saturated rings. The van der Waals surface area contributed by atoms with Gasteiger partial charge in [0.25, 0.3) is 0 Å². The van der Waals surface area contributed by atoms with Gasteiger partial charge in [0.05, 0.1) is 13.7 Å². The van der Waals surface area contributed by atoms with Gasteiger partial charge in [-0.15, -0.1) is 12.4 Å². The number of nitrogens with two attached hydrogens (primary N) is 1. The number of aliphatic carboxylic acids is 2. The minimum absolute atomic E-state index is 0. The maximum Gasteiger partial charge on any atom is 0.328 e. The lowest BCUT2D eigenvalue weighted by molar-refractivity contribution is -0.134. The summed E-state index contributed by atoms with van der Waals surface area (Å²) in [6.45, 7) is 5.66. The van der Waals surface area contributed by atoms with Crippen molar-refractivity contribution in [3.63, 3.8) is 0 Å². The number of para-hydroxylation sites is 2. The minimum Gasteiger partial charge on any atom is -0.495 e. The van der Waals surface area contributed by atoms with Gasteiger partial charge in [0.2, 0.25) is 10.0 Å². The fourth-order valence-electron chi connectivity index (χ4n) is 2.95. The van der Waals surface area contributed by atoms with Crippen LogP contribution in [0.4, 0.5) is 0 Å². The number of rotatable bonds is 13. The number of carboxylic acid groups (broad SMARTS) is 2. The average Bonchev–Trinajstić information content (AvgIpc) is 2.81. The van der Waals surface area contributed by atoms with E-state index in [4.69, 9.17) is 29.6 Å². The quantitative estimate of drug-likeness (QED) is 0.210. The molecule has 0 aliphatic rings. The van der Waals surface area contributed by atoms with Crippen LogP contribution in [0.3, 0.4) is 0 Å². The number of nitrogens with one attached hydrogen (secondary N) is 1. The Bertz CT molecular complexity index is 1120. The highest BCUT2D eigenvalue weighted by Gasteiger charge is 2.16. The summed E-state index contributed by atoms with van der Waals surface area (Å²) in [4.78, 5) is 19.1. The van der Waals surface area contributed by atoms with Crippen molar-refractivity contribution >= 4 is 34.4 Å². The summed E-state index contributed by atoms with van der Waals surface area (Å²) in [5, 5.41) is 24.3. The Morgan fingerprint density at radius 3 is 2.08 bits per heavy atom. The van der Waals surface area contributed by atoms with Gasteiger partial charge in [0, 0.05) is 24.7 Å². The van der Waals surface area contributed by atoms with Crippen molar-refractivity contribution in [2.45, 2.75) is 31.2 Å². The molecule has 2 aromatic rings. The first-order valence-electron chi connectivity index (χ1n) is 10.9. The first-order chi connectivity index (χ1) is 17.0. The number of hydrogen-bond donors (Lipinski definition) is 4. The fraction of sp³-hybridized carbons (Fsp3) is 0.333. The van der Waals surface area contributed by atoms with E-state index in [9.17, 15) is 18.0 Å². The molecule has 0 aromatic heterocycles. The van der Waals surface area contributed by atoms with Gasteiger partial charge in [0.1, 0.15) is 17.3 Å². The maximum atomic E-state index is 11.7. The van der Waals surface area contributed by atoms with E-state index in [-0.39, 0.29) is 29.1 Å². The van der Waals surface area contributed by atoms with Gasteiger partial charge in [-0.25, -0.2) is 23.1 Å². The van der Waals surface area contributed by atoms with E-state index >= 15 is 0 Å². The van der Waals surface area contributed by atoms with Crippen LogP contribution in [0.15, 0.2) is 59.5 Å². The van der Waals surface area contributed by atoms with Crippen molar-refractivity contribution < 1.29 is 42.4 Å². The number of benzene rings is 2. The molecule has 0 aliphatic heterocycles. The summed E-state index contributed by atoms with van der Waals surface area (Å²) < 4.78 is 39.9. The van der Waals surface area contributed by atoms with Crippen LogP contribution >= 0.6 is 12.4 Å². The van der Waals surface area contributed by atoms with E-state index < -0.39 is 22.0 Å². The van der Waals surface area contributed by atoms with Gasteiger partial charge in [0.15, 0.2) is 11.5 Å². The smallest absolute Gasteiger partial charge is 0.328 e. The molecule has 0 radical (unpaired) electrons. The molecule has 5 N–H and O–H groups in total. The highest BCUT2D eigenvalue weighted by atomic mass is 35.5. The van der Waals surface area contributed by atoms with Crippen LogP contribution in [0.5, 0.6) is 17.2 Å². The molecule has 0 aliphatic carbocycles. The van der Waals surface area contributed by atoms with Crippen molar-refractivity contribution in [1.29, 1.82) is 0 Å². The Morgan fingerprint density at radius 1 is 1.03 bits per heavy atom. The monoisotopic (exact) mass is 560 g/mol. The predicted octanol–water partition coefficient (Wildman–Crippen LogP) is 2.47. The number of methoxy groups -OCH3 is 1. The number of primary sulfonamides is 1. The van der Waals surface area contributed by atoms with Gasteiger partial charge < -0.3 is 29.7 Å². The van der Waals surface area contributed by atoms with Gasteiger partial charge in [-0.3, -0.25) is 0 Å². The van der Waals surface area contributed by atoms with Crippen LogP contribution in [-0.2, 0) is 26.0 Å². The van der Waals surface area contributed by atoms with Crippen LogP contribution in [0, 0.1) is 0 Å². The SMILES string of the molecule is CCOc1ccccc1OCCN[C@H](C)Cc1ccc(OC)c(S(N)(=O)=O)c1.Cl.O=C(O)C=CC(=O)O. The van der Waals surface area contributed by atoms with Crippen LogP contribution in [-0.4, -0.2) is 63.5 Å². The summed E-state index contributed by atoms with van der Waals surface area (Å²) in [5.74, 6) is -0.827. The summed E-state index contributed by atoms with van der Waals surface area (Å²) in [7, 11) is -2.43. The van der Waals surface area contributed by atoms with Gasteiger partial charge in [-0.2, -0.15) is 0 Å². The molecule has 0 saturated carbocycles. The van der Waals surface area contributed by atoms with Crippen LogP contribution in [0.2, 0.25) is 0 Å². The third-order valence-corrected chi connectivity index (χ3v) is 5.38. The number of hydrogen-bond acceptors (Lipinski definition) is 8. The first kappa shape index (κ1) is 33.7. The van der Waals surface area contributed by atoms with Gasteiger partial charge >= 0.3 is 11.9 Å². The zero-order valence-electron chi connectivity index (χ0n) is 20.7. The highest BCUT2D eigenvalue weighted by molar-refractivity contribution is 7.89. The largest absolute Gasteiger partial charge is 0.495 e. The Morgan fingerprint density at radius 2 is 1.59 bits per heavy atom. The molecule has 37 heavy (non-hydrogen) atoms. The molecule has 0 bridgehead atoms. The van der Waals surface area contributed by atoms with E-state index in [2.05, 4.69) is 5.32 Å². The molecule has 11 nitrogen and oxygen atoms in total. The lowest BCUT2D eigenvalue weighted by Crippen LogP contribution is -2.32. The second-order valence-electron chi connectivity index (χ2n) is 7.33. The van der Waals surface area contributed by atoms with E-state index in [1.807, 2.05) is 44.2 Å². The van der Waals surface area contributed by atoms with Gasteiger partial charge in [-0.05, 0) is 50.1 Å². The van der Waals surface area contributed by atoms with Crippen LogP contribution in [0.1, 0.15) is 19.4 Å². The van der Waals surface area contributed by atoms with Crippen molar-refractivity contribution in [2.75, 3.05) is 26.9 Å². The molecule has 2 rings (SSSR count). The molecular formula is C24H33ClN2O9S. The second kappa shape index (κ2) is 17.2. The topological polar surface area (TPSA) is 174 Å². The highest BCUT2D eigenvalue weighted by Crippen LogP contribution is 2.26. The molecule has 206 valence electrons. The third kappa shape index (κ3) is 13.5. The van der Waals surface area contributed by atoms with Crippen molar-refractivity contribution in [1.82, 2.24) is 5.32 Å². The normalized spacial score (nSPS) is 11.5. The van der Waals surface area contributed by atoms with Crippen molar-refractivity contribution in [3.05, 3.63) is 60.2 Å². The molecule has 1 atom stereocenters. The lowest BCUT2D eigenvalue weighted by Gasteiger charge is -2.16. The van der Waals surface area contributed by atoms with E-state index in [1.165, 1.54) is 7.11 Å². The number of carboxylic acids is 2.